The van der Waals surface area contributed by atoms with E-state index in [1.807, 2.05) is 16.8 Å². The number of carbonyl (C=O) groups excluding carboxylic acids is 1. The fraction of sp³-hybridized carbons (Fsp3) is 0.154. The van der Waals surface area contributed by atoms with Gasteiger partial charge in [0.15, 0.2) is 0 Å². The number of carbonyl (C=O) groups is 1. The first kappa shape index (κ1) is 11.0. The molecule has 1 heterocycles. The number of hydrogen-bond donors (Lipinski definition) is 0. The number of halogens is 1. The minimum Gasteiger partial charge on any atom is -0.299 e. The third-order valence-corrected chi connectivity index (χ3v) is 3.06. The van der Waals surface area contributed by atoms with Crippen LogP contribution in [0.25, 0.3) is 0 Å². The summed E-state index contributed by atoms with van der Waals surface area (Å²) < 4.78 is 13.3. The van der Waals surface area contributed by atoms with E-state index in [-0.39, 0.29) is 18.0 Å². The largest absolute Gasteiger partial charge is 0.299 e. The van der Waals surface area contributed by atoms with Crippen LogP contribution in [0.4, 0.5) is 4.39 Å². The minimum absolute atomic E-state index is 0.0449. The van der Waals surface area contributed by atoms with Gasteiger partial charge in [-0.05, 0) is 34.0 Å². The molecule has 0 fully saturated rings. The van der Waals surface area contributed by atoms with Crippen molar-refractivity contribution in [2.45, 2.75) is 12.8 Å². The summed E-state index contributed by atoms with van der Waals surface area (Å²) in [6.07, 6.45) is 0.556. The Morgan fingerprint density at radius 2 is 2.00 bits per heavy atom. The van der Waals surface area contributed by atoms with Crippen LogP contribution in [0.2, 0.25) is 0 Å². The second kappa shape index (κ2) is 5.03. The van der Waals surface area contributed by atoms with E-state index in [1.54, 1.807) is 29.5 Å². The molecule has 2 aromatic rings. The van der Waals surface area contributed by atoms with Gasteiger partial charge < -0.3 is 0 Å². The summed E-state index contributed by atoms with van der Waals surface area (Å²) in [5.74, 6) is -0.260. The van der Waals surface area contributed by atoms with Crippen molar-refractivity contribution >= 4 is 17.1 Å². The van der Waals surface area contributed by atoms with Crippen LogP contribution in [0.3, 0.4) is 0 Å². The molecule has 0 saturated heterocycles. The van der Waals surface area contributed by atoms with E-state index in [0.717, 1.165) is 5.56 Å². The molecule has 16 heavy (non-hydrogen) atoms. The number of hydrogen-bond acceptors (Lipinski definition) is 2. The maximum Gasteiger partial charge on any atom is 0.141 e. The van der Waals surface area contributed by atoms with Crippen LogP contribution in [0, 0.1) is 5.82 Å². The standard InChI is InChI=1S/C13H11FOS/c14-13-4-2-1-3-11(13)8-12(15)7-10-5-6-16-9-10/h1-6,9H,7-8H2. The highest BCUT2D eigenvalue weighted by atomic mass is 32.1. The van der Waals surface area contributed by atoms with Gasteiger partial charge in [-0.25, -0.2) is 4.39 Å². The molecule has 0 unspecified atom stereocenters. The second-order valence-electron chi connectivity index (χ2n) is 3.62. The average Bonchev–Trinajstić information content (AvgIpc) is 2.74. The van der Waals surface area contributed by atoms with Gasteiger partial charge in [0.1, 0.15) is 11.6 Å². The van der Waals surface area contributed by atoms with Gasteiger partial charge in [0.2, 0.25) is 0 Å². The zero-order chi connectivity index (χ0) is 11.4. The lowest BCUT2D eigenvalue weighted by Crippen LogP contribution is -2.07. The van der Waals surface area contributed by atoms with E-state index < -0.39 is 0 Å². The molecule has 0 bridgehead atoms. The lowest BCUT2D eigenvalue weighted by molar-refractivity contribution is -0.117. The minimum atomic E-state index is -0.304. The first-order valence-electron chi connectivity index (χ1n) is 5.02. The van der Waals surface area contributed by atoms with Gasteiger partial charge >= 0.3 is 0 Å². The molecular weight excluding hydrogens is 223 g/mol. The normalized spacial score (nSPS) is 10.3. The van der Waals surface area contributed by atoms with Crippen LogP contribution in [-0.2, 0) is 17.6 Å². The van der Waals surface area contributed by atoms with E-state index in [9.17, 15) is 9.18 Å². The molecule has 1 nitrogen and oxygen atoms in total. The summed E-state index contributed by atoms with van der Waals surface area (Å²) in [5, 5.41) is 3.88. The zero-order valence-electron chi connectivity index (χ0n) is 8.65. The van der Waals surface area contributed by atoms with Crippen LogP contribution in [0.5, 0.6) is 0 Å². The summed E-state index contributed by atoms with van der Waals surface area (Å²) >= 11 is 1.56. The topological polar surface area (TPSA) is 17.1 Å². The summed E-state index contributed by atoms with van der Waals surface area (Å²) in [7, 11) is 0. The van der Waals surface area contributed by atoms with Crippen molar-refractivity contribution in [1.82, 2.24) is 0 Å². The molecule has 0 N–H and O–H groups in total. The molecule has 0 aliphatic rings. The first-order chi connectivity index (χ1) is 7.75. The Kier molecular flexibility index (Phi) is 3.47. The Hall–Kier alpha value is -1.48. The lowest BCUT2D eigenvalue weighted by Gasteiger charge is -2.01. The van der Waals surface area contributed by atoms with E-state index in [0.29, 0.717) is 12.0 Å². The lowest BCUT2D eigenvalue weighted by atomic mass is 10.0. The third-order valence-electron chi connectivity index (χ3n) is 2.33. The molecule has 0 radical (unpaired) electrons. The van der Waals surface area contributed by atoms with Gasteiger partial charge in [-0.2, -0.15) is 11.3 Å². The number of thiophene rings is 1. The smallest absolute Gasteiger partial charge is 0.141 e. The molecule has 0 saturated carbocycles. The SMILES string of the molecule is O=C(Cc1ccsc1)Cc1ccccc1F. The van der Waals surface area contributed by atoms with Crippen LogP contribution in [0.15, 0.2) is 41.1 Å². The monoisotopic (exact) mass is 234 g/mol. The van der Waals surface area contributed by atoms with Crippen molar-refractivity contribution in [1.29, 1.82) is 0 Å². The van der Waals surface area contributed by atoms with Crippen LogP contribution < -0.4 is 0 Å². The molecule has 1 aromatic heterocycles. The molecule has 2 rings (SSSR count). The van der Waals surface area contributed by atoms with Gasteiger partial charge in [0.25, 0.3) is 0 Å². The summed E-state index contributed by atoms with van der Waals surface area (Å²) in [5.41, 5.74) is 1.48. The predicted octanol–water partition coefficient (Wildman–Crippen LogP) is 3.24. The van der Waals surface area contributed by atoms with Gasteiger partial charge in [0.05, 0.1) is 0 Å². The fourth-order valence-corrected chi connectivity index (χ4v) is 2.21. The van der Waals surface area contributed by atoms with Crippen molar-refractivity contribution in [3.05, 3.63) is 58.0 Å². The van der Waals surface area contributed by atoms with E-state index in [4.69, 9.17) is 0 Å². The van der Waals surface area contributed by atoms with E-state index in [1.165, 1.54) is 6.07 Å². The molecule has 0 aliphatic carbocycles. The van der Waals surface area contributed by atoms with Crippen molar-refractivity contribution in [2.24, 2.45) is 0 Å². The van der Waals surface area contributed by atoms with Crippen LogP contribution >= 0.6 is 11.3 Å². The van der Waals surface area contributed by atoms with Crippen molar-refractivity contribution < 1.29 is 9.18 Å². The Balaban J connectivity index is 2.00. The summed E-state index contributed by atoms with van der Waals surface area (Å²) in [4.78, 5) is 11.7. The van der Waals surface area contributed by atoms with Crippen molar-refractivity contribution in [3.8, 4) is 0 Å². The highest BCUT2D eigenvalue weighted by molar-refractivity contribution is 7.07. The van der Waals surface area contributed by atoms with E-state index in [2.05, 4.69) is 0 Å². The molecule has 0 aliphatic heterocycles. The second-order valence-corrected chi connectivity index (χ2v) is 4.40. The predicted molar refractivity (Wildman–Crippen MR) is 63.1 cm³/mol. The third kappa shape index (κ3) is 2.76. The maximum atomic E-state index is 13.3. The van der Waals surface area contributed by atoms with Gasteiger partial charge in [-0.15, -0.1) is 0 Å². The van der Waals surface area contributed by atoms with Gasteiger partial charge in [-0.3, -0.25) is 4.79 Å². The Bertz CT molecular complexity index is 476. The molecule has 1 aromatic carbocycles. The molecule has 0 amide bonds. The molecular formula is C13H11FOS. The van der Waals surface area contributed by atoms with E-state index >= 15 is 0 Å². The molecule has 82 valence electrons. The van der Waals surface area contributed by atoms with Crippen molar-refractivity contribution in [2.75, 3.05) is 0 Å². The number of benzene rings is 1. The number of rotatable bonds is 4. The average molecular weight is 234 g/mol. The Morgan fingerprint density at radius 1 is 1.19 bits per heavy atom. The van der Waals surface area contributed by atoms with Gasteiger partial charge in [-0.1, -0.05) is 18.2 Å². The summed E-state index contributed by atoms with van der Waals surface area (Å²) in [6, 6.07) is 8.33. The Labute approximate surface area is 97.6 Å². The zero-order valence-corrected chi connectivity index (χ0v) is 9.47. The molecule has 0 spiro atoms. The number of ketones is 1. The number of Topliss-reactive ketones (excluding diaryl/α,β-unsaturated/α-hetero) is 1. The Morgan fingerprint density at radius 3 is 2.69 bits per heavy atom. The first-order valence-corrected chi connectivity index (χ1v) is 5.96. The summed E-state index contributed by atoms with van der Waals surface area (Å²) in [6.45, 7) is 0. The van der Waals surface area contributed by atoms with Crippen LogP contribution in [-0.4, -0.2) is 5.78 Å². The maximum absolute atomic E-state index is 13.3. The highest BCUT2D eigenvalue weighted by Crippen LogP contribution is 2.11. The molecule has 0 atom stereocenters. The quantitative estimate of drug-likeness (QED) is 0.793. The van der Waals surface area contributed by atoms with Crippen molar-refractivity contribution in [3.63, 3.8) is 0 Å². The van der Waals surface area contributed by atoms with Gasteiger partial charge in [0, 0.05) is 12.8 Å². The van der Waals surface area contributed by atoms with Crippen LogP contribution in [0.1, 0.15) is 11.1 Å². The fourth-order valence-electron chi connectivity index (χ4n) is 1.54. The molecule has 3 heteroatoms. The highest BCUT2D eigenvalue weighted by Gasteiger charge is 2.08.